The van der Waals surface area contributed by atoms with Gasteiger partial charge in [-0.3, -0.25) is 10.1 Å². The molecule has 0 spiro atoms. The van der Waals surface area contributed by atoms with Gasteiger partial charge in [-0.2, -0.15) is 0 Å². The summed E-state index contributed by atoms with van der Waals surface area (Å²) in [7, 11) is -3.77. The molecule has 0 aliphatic carbocycles. The third-order valence-corrected chi connectivity index (χ3v) is 5.54. The first kappa shape index (κ1) is 24.1. The number of nitrogens with two attached hydrogens (primary N) is 1. The minimum atomic E-state index is -3.77. The van der Waals surface area contributed by atoms with Gasteiger partial charge in [-0.15, -0.1) is 0 Å². The van der Waals surface area contributed by atoms with Gasteiger partial charge in [0.05, 0.1) is 10.5 Å². The van der Waals surface area contributed by atoms with Crippen molar-refractivity contribution in [2.75, 3.05) is 6.54 Å². The number of carbonyl (C=O) groups is 3. The van der Waals surface area contributed by atoms with E-state index in [1.165, 1.54) is 19.1 Å². The molecule has 10 nitrogen and oxygen atoms in total. The van der Waals surface area contributed by atoms with Crippen molar-refractivity contribution < 1.29 is 27.5 Å². The SMILES string of the molecule is CCNC(=O)NC(=O)C(C)OC(=O)c1cc(C)n(Cc2ccc(S(N)(=O)=O)cc2)c1C. The Kier molecular flexibility index (Phi) is 7.58. The number of aryl methyl sites for hydroxylation is 1. The number of carbonyl (C=O) groups excluding carboxylic acids is 3. The number of urea groups is 1. The molecule has 1 aromatic heterocycles. The van der Waals surface area contributed by atoms with Crippen LogP contribution in [0.1, 0.15) is 41.2 Å². The third kappa shape index (κ3) is 6.15. The Morgan fingerprint density at radius 1 is 1.16 bits per heavy atom. The van der Waals surface area contributed by atoms with E-state index < -0.39 is 34.0 Å². The van der Waals surface area contributed by atoms with Crippen LogP contribution in [-0.2, 0) is 26.1 Å². The Balaban J connectivity index is 2.12. The average Bonchev–Trinajstić information content (AvgIpc) is 2.96. The molecule has 11 heteroatoms. The van der Waals surface area contributed by atoms with Gasteiger partial charge in [0.25, 0.3) is 5.91 Å². The number of nitrogens with zero attached hydrogens (tertiary/aromatic N) is 1. The summed E-state index contributed by atoms with van der Waals surface area (Å²) >= 11 is 0. The van der Waals surface area contributed by atoms with Gasteiger partial charge in [0.15, 0.2) is 6.10 Å². The van der Waals surface area contributed by atoms with Crippen molar-refractivity contribution in [3.8, 4) is 0 Å². The smallest absolute Gasteiger partial charge is 0.340 e. The maximum atomic E-state index is 12.6. The van der Waals surface area contributed by atoms with E-state index >= 15 is 0 Å². The van der Waals surface area contributed by atoms with Crippen molar-refractivity contribution in [1.82, 2.24) is 15.2 Å². The van der Waals surface area contributed by atoms with Crippen molar-refractivity contribution in [2.45, 2.75) is 45.2 Å². The lowest BCUT2D eigenvalue weighted by molar-refractivity contribution is -0.127. The number of amides is 3. The van der Waals surface area contributed by atoms with E-state index in [9.17, 15) is 22.8 Å². The quantitative estimate of drug-likeness (QED) is 0.539. The van der Waals surface area contributed by atoms with Crippen LogP contribution >= 0.6 is 0 Å². The molecule has 1 heterocycles. The van der Waals surface area contributed by atoms with Crippen LogP contribution in [0.25, 0.3) is 0 Å². The van der Waals surface area contributed by atoms with E-state index in [0.29, 0.717) is 18.8 Å². The summed E-state index contributed by atoms with van der Waals surface area (Å²) in [5, 5.41) is 9.62. The Hall–Kier alpha value is -3.18. The van der Waals surface area contributed by atoms with Crippen molar-refractivity contribution in [3.05, 3.63) is 52.8 Å². The summed E-state index contributed by atoms with van der Waals surface area (Å²) < 4.78 is 29.8. The molecule has 0 saturated carbocycles. The van der Waals surface area contributed by atoms with Crippen LogP contribution < -0.4 is 15.8 Å². The minimum Gasteiger partial charge on any atom is -0.449 e. The standard InChI is InChI=1S/C20H26N4O6S/c1-5-22-20(27)23-18(25)14(4)30-19(26)17-10-12(2)24(13(17)3)11-15-6-8-16(9-7-15)31(21,28)29/h6-10,14H,5,11H2,1-4H3,(H2,21,28,29)(H2,22,23,25,27). The van der Waals surface area contributed by atoms with Gasteiger partial charge in [0.1, 0.15) is 0 Å². The molecule has 2 aromatic rings. The molecule has 0 bridgehead atoms. The number of aromatic nitrogens is 1. The molecule has 1 aromatic carbocycles. The molecule has 0 fully saturated rings. The molecule has 1 atom stereocenters. The second-order valence-corrected chi connectivity index (χ2v) is 8.52. The minimum absolute atomic E-state index is 0.0151. The zero-order chi connectivity index (χ0) is 23.3. The van der Waals surface area contributed by atoms with E-state index in [0.717, 1.165) is 11.3 Å². The second-order valence-electron chi connectivity index (χ2n) is 6.96. The first-order valence-electron chi connectivity index (χ1n) is 9.52. The zero-order valence-corrected chi connectivity index (χ0v) is 18.6. The summed E-state index contributed by atoms with van der Waals surface area (Å²) in [5.74, 6) is -1.43. The van der Waals surface area contributed by atoms with Crippen molar-refractivity contribution in [1.29, 1.82) is 0 Å². The van der Waals surface area contributed by atoms with E-state index in [-0.39, 0.29) is 10.5 Å². The Bertz CT molecular complexity index is 1090. The number of primary sulfonamides is 1. The lowest BCUT2D eigenvalue weighted by Gasteiger charge is -2.13. The molecular weight excluding hydrogens is 424 g/mol. The average molecular weight is 451 g/mol. The van der Waals surface area contributed by atoms with Crippen LogP contribution in [0.4, 0.5) is 4.79 Å². The summed E-state index contributed by atoms with van der Waals surface area (Å²) in [6.07, 6.45) is -1.16. The van der Waals surface area contributed by atoms with Crippen LogP contribution in [0.2, 0.25) is 0 Å². The van der Waals surface area contributed by atoms with Crippen LogP contribution in [0.5, 0.6) is 0 Å². The first-order chi connectivity index (χ1) is 14.4. The van der Waals surface area contributed by atoms with Gasteiger partial charge >= 0.3 is 12.0 Å². The Labute approximate surface area is 180 Å². The van der Waals surface area contributed by atoms with Crippen molar-refractivity contribution in [3.63, 3.8) is 0 Å². The molecular formula is C20H26N4O6S. The molecule has 1 unspecified atom stereocenters. The number of esters is 1. The lowest BCUT2D eigenvalue weighted by Crippen LogP contribution is -2.44. The van der Waals surface area contributed by atoms with E-state index in [1.54, 1.807) is 32.0 Å². The Morgan fingerprint density at radius 3 is 2.32 bits per heavy atom. The second kappa shape index (κ2) is 9.75. The fraction of sp³-hybridized carbons (Fsp3) is 0.350. The molecule has 0 aliphatic rings. The largest absolute Gasteiger partial charge is 0.449 e. The number of benzene rings is 1. The van der Waals surface area contributed by atoms with Crippen molar-refractivity contribution in [2.24, 2.45) is 5.14 Å². The molecule has 168 valence electrons. The molecule has 4 N–H and O–H groups in total. The maximum absolute atomic E-state index is 12.6. The van der Waals surface area contributed by atoms with Crippen LogP contribution in [0, 0.1) is 13.8 Å². The fourth-order valence-corrected chi connectivity index (χ4v) is 3.43. The summed E-state index contributed by atoms with van der Waals surface area (Å²) in [5.41, 5.74) is 2.49. The fourth-order valence-electron chi connectivity index (χ4n) is 2.91. The predicted molar refractivity (Wildman–Crippen MR) is 113 cm³/mol. The number of hydrogen-bond donors (Lipinski definition) is 3. The van der Waals surface area contributed by atoms with Crippen LogP contribution in [0.15, 0.2) is 35.2 Å². The van der Waals surface area contributed by atoms with Gasteiger partial charge in [-0.25, -0.2) is 23.1 Å². The number of nitrogens with one attached hydrogen (secondary N) is 2. The highest BCUT2D eigenvalue weighted by Crippen LogP contribution is 2.19. The predicted octanol–water partition coefficient (Wildman–Crippen LogP) is 1.19. The van der Waals surface area contributed by atoms with Gasteiger partial charge in [-0.1, -0.05) is 12.1 Å². The Morgan fingerprint density at radius 2 is 1.77 bits per heavy atom. The highest BCUT2D eigenvalue weighted by molar-refractivity contribution is 7.89. The van der Waals surface area contributed by atoms with E-state index in [2.05, 4.69) is 10.6 Å². The van der Waals surface area contributed by atoms with E-state index in [1.807, 2.05) is 11.5 Å². The summed E-state index contributed by atoms with van der Waals surface area (Å²) in [4.78, 5) is 36.0. The van der Waals surface area contributed by atoms with Gasteiger partial charge in [-0.05, 0) is 51.5 Å². The van der Waals surface area contributed by atoms with Crippen molar-refractivity contribution >= 4 is 27.9 Å². The zero-order valence-electron chi connectivity index (χ0n) is 17.8. The van der Waals surface area contributed by atoms with Gasteiger partial charge < -0.3 is 14.6 Å². The molecule has 0 saturated heterocycles. The third-order valence-electron chi connectivity index (χ3n) is 4.61. The topological polar surface area (TPSA) is 150 Å². The summed E-state index contributed by atoms with van der Waals surface area (Å²) in [6, 6.07) is 7.10. The first-order valence-corrected chi connectivity index (χ1v) is 11.1. The van der Waals surface area contributed by atoms with Gasteiger partial charge in [0, 0.05) is 24.5 Å². The number of sulfonamides is 1. The monoisotopic (exact) mass is 450 g/mol. The molecule has 3 amide bonds. The molecule has 0 aliphatic heterocycles. The lowest BCUT2D eigenvalue weighted by atomic mass is 10.2. The highest BCUT2D eigenvalue weighted by atomic mass is 32.2. The number of ether oxygens (including phenoxy) is 1. The van der Waals surface area contributed by atoms with E-state index in [4.69, 9.17) is 9.88 Å². The highest BCUT2D eigenvalue weighted by Gasteiger charge is 2.23. The van der Waals surface area contributed by atoms with Crippen LogP contribution in [-0.4, -0.2) is 43.5 Å². The maximum Gasteiger partial charge on any atom is 0.340 e. The van der Waals surface area contributed by atoms with Crippen LogP contribution in [0.3, 0.4) is 0 Å². The normalized spacial score (nSPS) is 12.2. The molecule has 2 rings (SSSR count). The summed E-state index contributed by atoms with van der Waals surface area (Å²) in [6.45, 7) is 7.37. The molecule has 0 radical (unpaired) electrons. The molecule has 31 heavy (non-hydrogen) atoms. The number of imide groups is 1. The van der Waals surface area contributed by atoms with Gasteiger partial charge in [0.2, 0.25) is 10.0 Å². The number of rotatable bonds is 7. The number of hydrogen-bond acceptors (Lipinski definition) is 6.